The number of nitrogens with one attached hydrogen (secondary N) is 2. The van der Waals surface area contributed by atoms with Crippen LogP contribution in [0.25, 0.3) is 0 Å². The number of carbonyl (C=O) groups is 2. The standard InChI is InChI=1S/C23H33N5O3S/c1-5-7-17-14-24-21(32-17)27-19-9-6-8-18(26-19)16-10-12-28(13-11-16)20(29)15-25-22(30)31-23(2,3)4/h6,8-9,14,16H,5,7,10-13,15H2,1-4H3,(H,25,30)(H,24,26,27). The Morgan fingerprint density at radius 3 is 2.69 bits per heavy atom. The van der Waals surface area contributed by atoms with Gasteiger partial charge in [-0.3, -0.25) is 4.79 Å². The number of rotatable bonds is 7. The van der Waals surface area contributed by atoms with E-state index >= 15 is 0 Å². The molecule has 0 bridgehead atoms. The van der Waals surface area contributed by atoms with E-state index in [2.05, 4.69) is 22.5 Å². The van der Waals surface area contributed by atoms with E-state index in [4.69, 9.17) is 9.72 Å². The van der Waals surface area contributed by atoms with E-state index in [9.17, 15) is 9.59 Å². The maximum absolute atomic E-state index is 12.4. The highest BCUT2D eigenvalue weighted by molar-refractivity contribution is 7.15. The molecular weight excluding hydrogens is 426 g/mol. The average Bonchev–Trinajstić information content (AvgIpc) is 3.18. The Kier molecular flexibility index (Phi) is 8.06. The summed E-state index contributed by atoms with van der Waals surface area (Å²) in [5.41, 5.74) is 0.443. The number of aryl methyl sites for hydroxylation is 1. The van der Waals surface area contributed by atoms with Crippen molar-refractivity contribution >= 4 is 34.3 Å². The molecule has 2 aromatic heterocycles. The Bertz CT molecular complexity index is 916. The summed E-state index contributed by atoms with van der Waals surface area (Å²) in [6.45, 7) is 8.77. The third kappa shape index (κ3) is 7.19. The Labute approximate surface area is 193 Å². The van der Waals surface area contributed by atoms with E-state index in [0.29, 0.717) is 19.0 Å². The van der Waals surface area contributed by atoms with Crippen molar-refractivity contribution in [3.05, 3.63) is 35.0 Å². The van der Waals surface area contributed by atoms with Gasteiger partial charge in [0, 0.05) is 35.8 Å². The van der Waals surface area contributed by atoms with E-state index in [1.54, 1.807) is 37.0 Å². The normalized spacial score (nSPS) is 14.8. The molecule has 0 spiro atoms. The molecule has 0 atom stereocenters. The van der Waals surface area contributed by atoms with E-state index in [-0.39, 0.29) is 12.5 Å². The lowest BCUT2D eigenvalue weighted by Crippen LogP contribution is -2.44. The fraction of sp³-hybridized carbons (Fsp3) is 0.565. The first-order valence-electron chi connectivity index (χ1n) is 11.2. The first kappa shape index (κ1) is 24.0. The van der Waals surface area contributed by atoms with Crippen molar-refractivity contribution < 1.29 is 14.3 Å². The van der Waals surface area contributed by atoms with E-state index in [1.807, 2.05) is 24.4 Å². The number of carbonyl (C=O) groups excluding carboxylic acids is 2. The summed E-state index contributed by atoms with van der Waals surface area (Å²) in [5, 5.41) is 6.71. The molecule has 0 saturated carbocycles. The van der Waals surface area contributed by atoms with Crippen molar-refractivity contribution in [3.63, 3.8) is 0 Å². The van der Waals surface area contributed by atoms with Crippen LogP contribution in [0.15, 0.2) is 24.4 Å². The van der Waals surface area contributed by atoms with Crippen molar-refractivity contribution in [2.75, 3.05) is 25.0 Å². The number of piperidine rings is 1. The van der Waals surface area contributed by atoms with Crippen molar-refractivity contribution in [1.82, 2.24) is 20.2 Å². The molecule has 0 unspecified atom stereocenters. The van der Waals surface area contributed by atoms with Crippen LogP contribution in [-0.2, 0) is 16.0 Å². The fourth-order valence-corrected chi connectivity index (χ4v) is 4.50. The summed E-state index contributed by atoms with van der Waals surface area (Å²) < 4.78 is 5.18. The number of alkyl carbamates (subject to hydrolysis) is 1. The van der Waals surface area contributed by atoms with Crippen LogP contribution < -0.4 is 10.6 Å². The third-order valence-electron chi connectivity index (χ3n) is 5.10. The number of pyridine rings is 1. The second kappa shape index (κ2) is 10.8. The van der Waals surface area contributed by atoms with Gasteiger partial charge in [-0.1, -0.05) is 19.4 Å². The first-order chi connectivity index (χ1) is 15.2. The molecule has 3 heterocycles. The zero-order chi connectivity index (χ0) is 23.1. The molecule has 174 valence electrons. The minimum absolute atomic E-state index is 0.0505. The predicted molar refractivity (Wildman–Crippen MR) is 126 cm³/mol. The van der Waals surface area contributed by atoms with Gasteiger partial charge in [0.2, 0.25) is 5.91 Å². The highest BCUT2D eigenvalue weighted by Gasteiger charge is 2.25. The minimum atomic E-state index is -0.584. The van der Waals surface area contributed by atoms with Crippen molar-refractivity contribution in [3.8, 4) is 0 Å². The minimum Gasteiger partial charge on any atom is -0.444 e. The second-order valence-electron chi connectivity index (χ2n) is 8.96. The number of nitrogens with zero attached hydrogens (tertiary/aromatic N) is 3. The molecule has 0 radical (unpaired) electrons. The highest BCUT2D eigenvalue weighted by Crippen LogP contribution is 2.29. The van der Waals surface area contributed by atoms with Gasteiger partial charge in [0.15, 0.2) is 5.13 Å². The molecule has 1 fully saturated rings. The van der Waals surface area contributed by atoms with Crippen LogP contribution >= 0.6 is 11.3 Å². The largest absolute Gasteiger partial charge is 0.444 e. The second-order valence-corrected chi connectivity index (χ2v) is 10.1. The Balaban J connectivity index is 1.49. The highest BCUT2D eigenvalue weighted by atomic mass is 32.1. The summed E-state index contributed by atoms with van der Waals surface area (Å²) in [6, 6.07) is 6.00. The summed E-state index contributed by atoms with van der Waals surface area (Å²) in [7, 11) is 0. The number of ether oxygens (including phenoxy) is 1. The van der Waals surface area contributed by atoms with Crippen LogP contribution in [0.2, 0.25) is 0 Å². The number of anilines is 2. The summed E-state index contributed by atoms with van der Waals surface area (Å²) in [6.07, 6.45) is 5.17. The smallest absolute Gasteiger partial charge is 0.408 e. The zero-order valence-corrected chi connectivity index (χ0v) is 20.1. The number of thiazole rings is 1. The van der Waals surface area contributed by atoms with Gasteiger partial charge in [0.05, 0.1) is 0 Å². The SMILES string of the molecule is CCCc1cnc(Nc2cccc(C3CCN(C(=O)CNC(=O)OC(C)(C)C)CC3)n2)s1. The predicted octanol–water partition coefficient (Wildman–Crippen LogP) is 4.46. The van der Waals surface area contributed by atoms with Crippen molar-refractivity contribution in [1.29, 1.82) is 0 Å². The number of aromatic nitrogens is 2. The number of hydrogen-bond donors (Lipinski definition) is 2. The molecule has 3 rings (SSSR count). The monoisotopic (exact) mass is 459 g/mol. The Morgan fingerprint density at radius 1 is 1.25 bits per heavy atom. The van der Waals surface area contributed by atoms with Gasteiger partial charge in [0.25, 0.3) is 0 Å². The Hall–Kier alpha value is -2.68. The van der Waals surface area contributed by atoms with Gasteiger partial charge < -0.3 is 20.3 Å². The number of hydrogen-bond acceptors (Lipinski definition) is 7. The molecule has 0 aliphatic carbocycles. The van der Waals surface area contributed by atoms with Crippen molar-refractivity contribution in [2.24, 2.45) is 0 Å². The molecule has 2 aromatic rings. The topological polar surface area (TPSA) is 96.5 Å². The maximum Gasteiger partial charge on any atom is 0.408 e. The van der Waals surface area contributed by atoms with Crippen LogP contribution in [0, 0.1) is 0 Å². The maximum atomic E-state index is 12.4. The molecule has 1 aliphatic heterocycles. The summed E-state index contributed by atoms with van der Waals surface area (Å²) in [5.74, 6) is 0.996. The van der Waals surface area contributed by atoms with Gasteiger partial charge in [-0.15, -0.1) is 11.3 Å². The van der Waals surface area contributed by atoms with Crippen LogP contribution in [0.1, 0.15) is 63.4 Å². The first-order valence-corrected chi connectivity index (χ1v) is 12.0. The number of amides is 2. The number of likely N-dealkylation sites (tertiary alicyclic amines) is 1. The molecule has 2 amide bonds. The van der Waals surface area contributed by atoms with Gasteiger partial charge in [-0.05, 0) is 52.2 Å². The van der Waals surface area contributed by atoms with Gasteiger partial charge in [-0.25, -0.2) is 14.8 Å². The lowest BCUT2D eigenvalue weighted by Gasteiger charge is -2.32. The molecule has 0 aromatic carbocycles. The van der Waals surface area contributed by atoms with Gasteiger partial charge >= 0.3 is 6.09 Å². The Morgan fingerprint density at radius 2 is 2.00 bits per heavy atom. The van der Waals surface area contributed by atoms with E-state index < -0.39 is 11.7 Å². The molecule has 9 heteroatoms. The van der Waals surface area contributed by atoms with Crippen LogP contribution in [0.5, 0.6) is 0 Å². The molecular formula is C23H33N5O3S. The lowest BCUT2D eigenvalue weighted by atomic mass is 9.93. The zero-order valence-electron chi connectivity index (χ0n) is 19.3. The summed E-state index contributed by atoms with van der Waals surface area (Å²) >= 11 is 1.66. The van der Waals surface area contributed by atoms with Crippen LogP contribution in [0.3, 0.4) is 0 Å². The lowest BCUT2D eigenvalue weighted by molar-refractivity contribution is -0.131. The molecule has 1 aliphatic rings. The third-order valence-corrected chi connectivity index (χ3v) is 6.08. The molecule has 32 heavy (non-hydrogen) atoms. The summed E-state index contributed by atoms with van der Waals surface area (Å²) in [4.78, 5) is 36.5. The van der Waals surface area contributed by atoms with Gasteiger partial charge in [0.1, 0.15) is 18.0 Å². The van der Waals surface area contributed by atoms with Crippen LogP contribution in [-0.4, -0.2) is 52.1 Å². The van der Waals surface area contributed by atoms with Crippen molar-refractivity contribution in [2.45, 2.75) is 64.9 Å². The van der Waals surface area contributed by atoms with E-state index in [1.165, 1.54) is 4.88 Å². The molecule has 1 saturated heterocycles. The molecule has 8 nitrogen and oxygen atoms in total. The average molecular weight is 460 g/mol. The van der Waals surface area contributed by atoms with Crippen LogP contribution in [0.4, 0.5) is 15.7 Å². The fourth-order valence-electron chi connectivity index (χ4n) is 3.58. The molecule has 2 N–H and O–H groups in total. The quantitative estimate of drug-likeness (QED) is 0.634. The van der Waals surface area contributed by atoms with Gasteiger partial charge in [-0.2, -0.15) is 0 Å². The van der Waals surface area contributed by atoms with E-state index in [0.717, 1.165) is 42.3 Å².